The Kier molecular flexibility index (Phi) is 11.3. The summed E-state index contributed by atoms with van der Waals surface area (Å²) in [4.78, 5) is 55.2. The lowest BCUT2D eigenvalue weighted by atomic mass is 9.94. The van der Waals surface area contributed by atoms with Crippen LogP contribution in [-0.2, 0) is 41.5 Å². The van der Waals surface area contributed by atoms with Crippen molar-refractivity contribution in [3.63, 3.8) is 0 Å². The van der Waals surface area contributed by atoms with Crippen LogP contribution >= 0.6 is 0 Å². The number of nitrogens with one attached hydrogen (secondary N) is 3. The number of ether oxygens (including phenoxy) is 4. The number of methoxy groups -OCH3 is 2. The standard InChI is InChI=1S/C32H42N4O8/c1-21(33-28(37)19-36-10-12-43-13-11-36)30(39)35-27(17-23-14-24(41-3)18-25(15-23)42-4)31(40)34-26(29(38)32(2)20-44-32)16-22-8-6-5-7-9-22/h5-9,14-15,18,21,26-27H,10-13,16-17,19-20H2,1-4H3,(H,33,37)(H,34,40)(H,35,39). The lowest BCUT2D eigenvalue weighted by Crippen LogP contribution is -2.57. The molecular formula is C32H42N4O8. The first-order valence-corrected chi connectivity index (χ1v) is 14.7. The van der Waals surface area contributed by atoms with E-state index in [1.165, 1.54) is 14.2 Å². The number of carbonyl (C=O) groups is 4. The summed E-state index contributed by atoms with van der Waals surface area (Å²) in [6.07, 6.45) is 0.325. The molecule has 2 aromatic rings. The molecule has 2 saturated heterocycles. The molecular weight excluding hydrogens is 568 g/mol. The number of hydrogen-bond acceptors (Lipinski definition) is 9. The SMILES string of the molecule is COc1cc(CC(NC(=O)C(C)NC(=O)CN2CCOCC2)C(=O)NC(Cc2ccccc2)C(=O)C2(C)CO2)cc(OC)c1. The number of morpholine rings is 1. The first-order chi connectivity index (χ1) is 21.1. The Labute approximate surface area is 257 Å². The predicted octanol–water partition coefficient (Wildman–Crippen LogP) is 0.654. The number of nitrogens with zero attached hydrogens (tertiary/aromatic N) is 1. The highest BCUT2D eigenvalue weighted by Gasteiger charge is 2.50. The molecule has 0 spiro atoms. The van der Waals surface area contributed by atoms with E-state index in [1.54, 1.807) is 32.0 Å². The number of amides is 3. The molecule has 0 radical (unpaired) electrons. The van der Waals surface area contributed by atoms with E-state index >= 15 is 0 Å². The number of rotatable bonds is 15. The third-order valence-electron chi connectivity index (χ3n) is 7.74. The van der Waals surface area contributed by atoms with Crippen molar-refractivity contribution in [2.45, 2.75) is 50.4 Å². The smallest absolute Gasteiger partial charge is 0.243 e. The van der Waals surface area contributed by atoms with Crippen LogP contribution in [0.2, 0.25) is 0 Å². The summed E-state index contributed by atoms with van der Waals surface area (Å²) >= 11 is 0. The van der Waals surface area contributed by atoms with Crippen LogP contribution in [0.1, 0.15) is 25.0 Å². The van der Waals surface area contributed by atoms with Gasteiger partial charge in [-0.15, -0.1) is 0 Å². The maximum atomic E-state index is 13.9. The second-order valence-corrected chi connectivity index (χ2v) is 11.3. The maximum Gasteiger partial charge on any atom is 0.243 e. The molecule has 12 nitrogen and oxygen atoms in total. The van der Waals surface area contributed by atoms with Crippen LogP contribution in [0.5, 0.6) is 11.5 Å². The average Bonchev–Trinajstić information content (AvgIpc) is 3.78. The van der Waals surface area contributed by atoms with Gasteiger partial charge in [0.2, 0.25) is 17.7 Å². The number of Topliss-reactive ketones (excluding diaryl/α,β-unsaturated/α-hetero) is 1. The van der Waals surface area contributed by atoms with Crippen LogP contribution in [0.3, 0.4) is 0 Å². The van der Waals surface area contributed by atoms with E-state index in [2.05, 4.69) is 16.0 Å². The van der Waals surface area contributed by atoms with Crippen LogP contribution in [0.4, 0.5) is 0 Å². The Bertz CT molecular complexity index is 1290. The second kappa shape index (κ2) is 15.1. The van der Waals surface area contributed by atoms with Crippen LogP contribution in [0.15, 0.2) is 48.5 Å². The highest BCUT2D eigenvalue weighted by Crippen LogP contribution is 2.29. The normalized spacial score (nSPS) is 20.0. The summed E-state index contributed by atoms with van der Waals surface area (Å²) in [6.45, 7) is 6.03. The Hall–Kier alpha value is -4.00. The predicted molar refractivity (Wildman–Crippen MR) is 161 cm³/mol. The van der Waals surface area contributed by atoms with Crippen molar-refractivity contribution in [2.24, 2.45) is 0 Å². The molecule has 4 rings (SSSR count). The monoisotopic (exact) mass is 610 g/mol. The molecule has 2 fully saturated rings. The molecule has 2 aliphatic rings. The van der Waals surface area contributed by atoms with Gasteiger partial charge in [0, 0.05) is 25.6 Å². The zero-order valence-corrected chi connectivity index (χ0v) is 25.7. The molecule has 44 heavy (non-hydrogen) atoms. The Morgan fingerprint density at radius 3 is 2.05 bits per heavy atom. The third kappa shape index (κ3) is 9.25. The average molecular weight is 611 g/mol. The fourth-order valence-corrected chi connectivity index (χ4v) is 4.99. The van der Waals surface area contributed by atoms with Crippen LogP contribution in [-0.4, -0.2) is 106 Å². The Morgan fingerprint density at radius 2 is 1.45 bits per heavy atom. The molecule has 12 heteroatoms. The van der Waals surface area contributed by atoms with Crippen LogP contribution < -0.4 is 25.4 Å². The van der Waals surface area contributed by atoms with Gasteiger partial charge in [-0.25, -0.2) is 0 Å². The van der Waals surface area contributed by atoms with Gasteiger partial charge in [-0.05, 0) is 43.5 Å². The molecule has 0 bridgehead atoms. The number of hydrogen-bond donors (Lipinski definition) is 3. The zero-order chi connectivity index (χ0) is 31.7. The number of carbonyl (C=O) groups excluding carboxylic acids is 4. The Morgan fingerprint density at radius 1 is 0.864 bits per heavy atom. The zero-order valence-electron chi connectivity index (χ0n) is 25.7. The molecule has 2 aliphatic heterocycles. The summed E-state index contributed by atoms with van der Waals surface area (Å²) in [5, 5.41) is 8.38. The first kappa shape index (κ1) is 32.9. The van der Waals surface area contributed by atoms with Gasteiger partial charge < -0.3 is 34.9 Å². The van der Waals surface area contributed by atoms with E-state index in [-0.39, 0.29) is 37.7 Å². The summed E-state index contributed by atoms with van der Waals surface area (Å²) in [7, 11) is 3.04. The lowest BCUT2D eigenvalue weighted by molar-refractivity contribution is -0.134. The van der Waals surface area contributed by atoms with Gasteiger partial charge in [0.1, 0.15) is 29.2 Å². The summed E-state index contributed by atoms with van der Waals surface area (Å²) in [6, 6.07) is 11.7. The highest BCUT2D eigenvalue weighted by atomic mass is 16.6. The maximum absolute atomic E-state index is 13.9. The van der Waals surface area contributed by atoms with E-state index in [0.717, 1.165) is 5.56 Å². The molecule has 4 unspecified atom stereocenters. The Balaban J connectivity index is 1.51. The molecule has 0 saturated carbocycles. The number of ketones is 1. The topological polar surface area (TPSA) is 148 Å². The van der Waals surface area contributed by atoms with Crippen molar-refractivity contribution >= 4 is 23.5 Å². The molecule has 2 aromatic carbocycles. The van der Waals surface area contributed by atoms with Crippen LogP contribution in [0, 0.1) is 0 Å². The minimum Gasteiger partial charge on any atom is -0.497 e. The van der Waals surface area contributed by atoms with Crippen molar-refractivity contribution in [1.29, 1.82) is 0 Å². The van der Waals surface area contributed by atoms with Gasteiger partial charge in [0.05, 0.1) is 46.6 Å². The quantitative estimate of drug-likeness (QED) is 0.247. The molecule has 238 valence electrons. The first-order valence-electron chi connectivity index (χ1n) is 14.7. The summed E-state index contributed by atoms with van der Waals surface area (Å²) < 4.78 is 21.5. The second-order valence-electron chi connectivity index (χ2n) is 11.3. The van der Waals surface area contributed by atoms with E-state index in [9.17, 15) is 19.2 Å². The van der Waals surface area contributed by atoms with Crippen molar-refractivity contribution < 1.29 is 38.1 Å². The minimum absolute atomic E-state index is 0.0690. The highest BCUT2D eigenvalue weighted by molar-refractivity contribution is 5.98. The van der Waals surface area contributed by atoms with E-state index in [4.69, 9.17) is 18.9 Å². The van der Waals surface area contributed by atoms with Crippen molar-refractivity contribution in [1.82, 2.24) is 20.9 Å². The van der Waals surface area contributed by atoms with Gasteiger partial charge in [-0.1, -0.05) is 30.3 Å². The van der Waals surface area contributed by atoms with Crippen molar-refractivity contribution in [3.8, 4) is 11.5 Å². The van der Waals surface area contributed by atoms with Gasteiger partial charge in [-0.2, -0.15) is 0 Å². The fourth-order valence-electron chi connectivity index (χ4n) is 4.99. The van der Waals surface area contributed by atoms with Gasteiger partial charge >= 0.3 is 0 Å². The number of benzene rings is 2. The van der Waals surface area contributed by atoms with Crippen LogP contribution in [0.25, 0.3) is 0 Å². The molecule has 3 N–H and O–H groups in total. The lowest BCUT2D eigenvalue weighted by Gasteiger charge is -2.27. The van der Waals surface area contributed by atoms with Crippen molar-refractivity contribution in [3.05, 3.63) is 59.7 Å². The van der Waals surface area contributed by atoms with E-state index in [1.807, 2.05) is 35.2 Å². The summed E-state index contributed by atoms with van der Waals surface area (Å²) in [5.74, 6) is -0.607. The molecule has 0 aromatic heterocycles. The molecule has 0 aliphatic carbocycles. The van der Waals surface area contributed by atoms with E-state index in [0.29, 0.717) is 43.4 Å². The van der Waals surface area contributed by atoms with Gasteiger partial charge in [-0.3, -0.25) is 24.1 Å². The molecule has 4 atom stereocenters. The van der Waals surface area contributed by atoms with Crippen molar-refractivity contribution in [2.75, 3.05) is 53.7 Å². The fraction of sp³-hybridized carbons (Fsp3) is 0.500. The molecule has 3 amide bonds. The third-order valence-corrected chi connectivity index (χ3v) is 7.74. The minimum atomic E-state index is -1.09. The van der Waals surface area contributed by atoms with Gasteiger partial charge in [0.25, 0.3) is 0 Å². The van der Waals surface area contributed by atoms with Gasteiger partial charge in [0.15, 0.2) is 5.78 Å². The number of epoxide rings is 1. The van der Waals surface area contributed by atoms with E-state index < -0.39 is 35.5 Å². The largest absolute Gasteiger partial charge is 0.497 e. The molecule has 2 heterocycles. The summed E-state index contributed by atoms with van der Waals surface area (Å²) in [5.41, 5.74) is 0.560.